The number of nitrogens with one attached hydrogen (secondary N) is 1. The molecule has 2 rings (SSSR count). The fourth-order valence-electron chi connectivity index (χ4n) is 2.17. The Labute approximate surface area is 104 Å². The average molecular weight is 264 g/mol. The van der Waals surface area contributed by atoms with Gasteiger partial charge in [0.1, 0.15) is 0 Å². The molecule has 18 heavy (non-hydrogen) atoms. The lowest BCUT2D eigenvalue weighted by Gasteiger charge is -2.17. The van der Waals surface area contributed by atoms with Crippen LogP contribution in [0.3, 0.4) is 0 Å². The second-order valence-electron chi connectivity index (χ2n) is 5.15. The zero-order valence-electron chi connectivity index (χ0n) is 10.2. The molecule has 7 heteroatoms. The number of alkyl halides is 3. The molecule has 0 radical (unpaired) electrons. The first kappa shape index (κ1) is 13.5. The van der Waals surface area contributed by atoms with Crippen LogP contribution < -0.4 is 11.1 Å². The Kier molecular flexibility index (Phi) is 3.99. The summed E-state index contributed by atoms with van der Waals surface area (Å²) in [5.41, 5.74) is 5.67. The Morgan fingerprint density at radius 3 is 2.67 bits per heavy atom. The predicted molar refractivity (Wildman–Crippen MR) is 63.2 cm³/mol. The minimum Gasteiger partial charge on any atom is -0.370 e. The monoisotopic (exact) mass is 264 g/mol. The standard InChI is InChI=1S/C11H19F3N4/c12-11(13,14)7-18-4-3-8(6-18)5-16-10(15)17-9-1-2-9/h8-9H,1-7H2,(H3,15,16,17). The lowest BCUT2D eigenvalue weighted by Crippen LogP contribution is -2.34. The molecule has 104 valence electrons. The highest BCUT2D eigenvalue weighted by Gasteiger charge is 2.34. The van der Waals surface area contributed by atoms with Crippen molar-refractivity contribution < 1.29 is 13.2 Å². The van der Waals surface area contributed by atoms with Crippen LogP contribution in [0, 0.1) is 5.92 Å². The van der Waals surface area contributed by atoms with Gasteiger partial charge in [0.05, 0.1) is 6.54 Å². The molecule has 0 spiro atoms. The third kappa shape index (κ3) is 4.72. The number of nitrogens with two attached hydrogens (primary N) is 1. The molecule has 4 nitrogen and oxygen atoms in total. The molecule has 0 bridgehead atoms. The fourth-order valence-corrected chi connectivity index (χ4v) is 2.17. The van der Waals surface area contributed by atoms with Crippen molar-refractivity contribution in [3.05, 3.63) is 0 Å². The Morgan fingerprint density at radius 2 is 2.06 bits per heavy atom. The quantitative estimate of drug-likeness (QED) is 0.587. The Balaban J connectivity index is 1.68. The zero-order valence-corrected chi connectivity index (χ0v) is 10.2. The fraction of sp³-hybridized carbons (Fsp3) is 0.909. The van der Waals surface area contributed by atoms with E-state index in [2.05, 4.69) is 10.3 Å². The van der Waals surface area contributed by atoms with Crippen molar-refractivity contribution in [2.75, 3.05) is 26.2 Å². The molecule has 1 saturated carbocycles. The second-order valence-corrected chi connectivity index (χ2v) is 5.15. The van der Waals surface area contributed by atoms with E-state index < -0.39 is 12.7 Å². The van der Waals surface area contributed by atoms with Crippen LogP contribution in [0.15, 0.2) is 4.99 Å². The normalized spacial score (nSPS) is 26.6. The highest BCUT2D eigenvalue weighted by atomic mass is 19.4. The molecule has 0 amide bonds. The molecule has 3 N–H and O–H groups in total. The lowest BCUT2D eigenvalue weighted by atomic mass is 10.1. The number of nitrogens with zero attached hydrogens (tertiary/aromatic N) is 2. The van der Waals surface area contributed by atoms with Crippen molar-refractivity contribution in [3.63, 3.8) is 0 Å². The van der Waals surface area contributed by atoms with Gasteiger partial charge in [0, 0.05) is 19.1 Å². The van der Waals surface area contributed by atoms with Gasteiger partial charge in [-0.15, -0.1) is 0 Å². The van der Waals surface area contributed by atoms with E-state index in [-0.39, 0.29) is 5.92 Å². The number of hydrogen-bond acceptors (Lipinski definition) is 2. The van der Waals surface area contributed by atoms with E-state index in [1.165, 1.54) is 4.90 Å². The van der Waals surface area contributed by atoms with Crippen LogP contribution in [0.5, 0.6) is 0 Å². The number of aliphatic imine (C=N–C) groups is 1. The molecular weight excluding hydrogens is 245 g/mol. The van der Waals surface area contributed by atoms with Gasteiger partial charge in [0.25, 0.3) is 0 Å². The second kappa shape index (κ2) is 5.34. The predicted octanol–water partition coefficient (Wildman–Crippen LogP) is 0.937. The summed E-state index contributed by atoms with van der Waals surface area (Å²) in [7, 11) is 0. The van der Waals surface area contributed by atoms with Crippen molar-refractivity contribution in [3.8, 4) is 0 Å². The minimum atomic E-state index is -4.11. The summed E-state index contributed by atoms with van der Waals surface area (Å²) in [5.74, 6) is 0.610. The van der Waals surface area contributed by atoms with Crippen LogP contribution in [0.1, 0.15) is 19.3 Å². The van der Waals surface area contributed by atoms with E-state index in [0.717, 1.165) is 19.3 Å². The Morgan fingerprint density at radius 1 is 1.33 bits per heavy atom. The number of likely N-dealkylation sites (tertiary alicyclic amines) is 1. The van der Waals surface area contributed by atoms with Crippen molar-refractivity contribution in [1.82, 2.24) is 10.2 Å². The van der Waals surface area contributed by atoms with Crippen LogP contribution in [-0.4, -0.2) is 49.3 Å². The largest absolute Gasteiger partial charge is 0.401 e. The minimum absolute atomic E-state index is 0.187. The smallest absolute Gasteiger partial charge is 0.370 e. The summed E-state index contributed by atoms with van der Waals surface area (Å²) in [5, 5.41) is 3.06. The van der Waals surface area contributed by atoms with Gasteiger partial charge in [-0.2, -0.15) is 13.2 Å². The summed E-state index contributed by atoms with van der Waals surface area (Å²) in [6.45, 7) is 0.651. The van der Waals surface area contributed by atoms with Gasteiger partial charge in [0.15, 0.2) is 5.96 Å². The van der Waals surface area contributed by atoms with Crippen molar-refractivity contribution in [1.29, 1.82) is 0 Å². The van der Waals surface area contributed by atoms with E-state index in [9.17, 15) is 13.2 Å². The molecule has 1 atom stereocenters. The average Bonchev–Trinajstić information content (AvgIpc) is 2.93. The number of hydrogen-bond donors (Lipinski definition) is 2. The van der Waals surface area contributed by atoms with Gasteiger partial charge in [-0.3, -0.25) is 9.89 Å². The Hall–Kier alpha value is -0.980. The summed E-state index contributed by atoms with van der Waals surface area (Å²) >= 11 is 0. The maximum Gasteiger partial charge on any atom is 0.401 e. The lowest BCUT2D eigenvalue weighted by molar-refractivity contribution is -0.143. The molecule has 1 aliphatic carbocycles. The van der Waals surface area contributed by atoms with Gasteiger partial charge in [-0.1, -0.05) is 0 Å². The first-order chi connectivity index (χ1) is 8.42. The van der Waals surface area contributed by atoms with Crippen LogP contribution in [-0.2, 0) is 0 Å². The van der Waals surface area contributed by atoms with E-state index in [1.807, 2.05) is 0 Å². The summed E-state index contributed by atoms with van der Waals surface area (Å²) < 4.78 is 36.6. The van der Waals surface area contributed by atoms with E-state index in [0.29, 0.717) is 31.6 Å². The van der Waals surface area contributed by atoms with E-state index >= 15 is 0 Å². The van der Waals surface area contributed by atoms with Crippen molar-refractivity contribution in [2.45, 2.75) is 31.5 Å². The molecule has 1 aliphatic heterocycles. The van der Waals surface area contributed by atoms with Crippen molar-refractivity contribution in [2.24, 2.45) is 16.6 Å². The molecule has 1 saturated heterocycles. The maximum absolute atomic E-state index is 12.2. The Bertz CT molecular complexity index is 312. The van der Waals surface area contributed by atoms with Crippen LogP contribution in [0.2, 0.25) is 0 Å². The van der Waals surface area contributed by atoms with Gasteiger partial charge in [0.2, 0.25) is 0 Å². The third-order valence-electron chi connectivity index (χ3n) is 3.22. The van der Waals surface area contributed by atoms with Gasteiger partial charge in [-0.25, -0.2) is 0 Å². The maximum atomic E-state index is 12.2. The van der Waals surface area contributed by atoms with E-state index in [4.69, 9.17) is 5.73 Å². The summed E-state index contributed by atoms with van der Waals surface area (Å²) in [6.07, 6.45) is -1.10. The summed E-state index contributed by atoms with van der Waals surface area (Å²) in [6, 6.07) is 0.457. The highest BCUT2D eigenvalue weighted by Crippen LogP contribution is 2.23. The van der Waals surface area contributed by atoms with Crippen LogP contribution in [0.25, 0.3) is 0 Å². The molecular formula is C11H19F3N4. The summed E-state index contributed by atoms with van der Waals surface area (Å²) in [4.78, 5) is 5.63. The topological polar surface area (TPSA) is 53.6 Å². The van der Waals surface area contributed by atoms with Gasteiger partial charge < -0.3 is 11.1 Å². The molecule has 0 aromatic heterocycles. The first-order valence-electron chi connectivity index (χ1n) is 6.28. The molecule has 1 heterocycles. The molecule has 0 aromatic carbocycles. The first-order valence-corrected chi connectivity index (χ1v) is 6.28. The van der Waals surface area contributed by atoms with Gasteiger partial charge >= 0.3 is 6.18 Å². The number of guanidine groups is 1. The zero-order chi connectivity index (χ0) is 13.2. The highest BCUT2D eigenvalue weighted by molar-refractivity contribution is 5.78. The van der Waals surface area contributed by atoms with Gasteiger partial charge in [-0.05, 0) is 31.7 Å². The van der Waals surface area contributed by atoms with Crippen LogP contribution >= 0.6 is 0 Å². The van der Waals surface area contributed by atoms with Crippen LogP contribution in [0.4, 0.5) is 13.2 Å². The SMILES string of the molecule is NC(=NCC1CCN(CC(F)(F)F)C1)NC1CC1. The number of rotatable bonds is 4. The molecule has 1 unspecified atom stereocenters. The van der Waals surface area contributed by atoms with Crippen molar-refractivity contribution >= 4 is 5.96 Å². The third-order valence-corrected chi connectivity index (χ3v) is 3.22. The molecule has 2 fully saturated rings. The van der Waals surface area contributed by atoms with E-state index in [1.54, 1.807) is 0 Å². The molecule has 2 aliphatic rings. The molecule has 0 aromatic rings. The number of halogens is 3.